The average Bonchev–Trinajstić information content (AvgIpc) is 2.53. The summed E-state index contributed by atoms with van der Waals surface area (Å²) < 4.78 is 5.36. The third-order valence-electron chi connectivity index (χ3n) is 3.16. The lowest BCUT2D eigenvalue weighted by Crippen LogP contribution is -2.20. The van der Waals surface area contributed by atoms with Crippen molar-refractivity contribution in [3.63, 3.8) is 0 Å². The van der Waals surface area contributed by atoms with Crippen LogP contribution in [0.5, 0.6) is 0 Å². The molecule has 0 amide bonds. The second kappa shape index (κ2) is 2.21. The van der Waals surface area contributed by atoms with Crippen LogP contribution in [0, 0.1) is 11.8 Å². The van der Waals surface area contributed by atoms with Gasteiger partial charge in [0.05, 0.1) is 6.10 Å². The molecule has 0 radical (unpaired) electrons. The number of methoxy groups -OCH3 is 1. The molecule has 2 rings (SSSR count). The van der Waals surface area contributed by atoms with Crippen molar-refractivity contribution in [2.45, 2.75) is 18.9 Å². The van der Waals surface area contributed by atoms with E-state index in [4.69, 9.17) is 4.74 Å². The van der Waals surface area contributed by atoms with Gasteiger partial charge in [-0.3, -0.25) is 0 Å². The Hall–Kier alpha value is -0.560. The normalized spacial score (nSPS) is 42.1. The molecule has 2 aliphatic rings. The lowest BCUT2D eigenvalue weighted by atomic mass is 9.90. The monoisotopic (exact) mass is 150 g/mol. The summed E-state index contributed by atoms with van der Waals surface area (Å²) in [7, 11) is 1.79. The predicted molar refractivity (Wildman–Crippen MR) is 45.3 cm³/mol. The maximum atomic E-state index is 5.36. The number of fused-ring (bicyclic) bond motifs is 2. The molecule has 0 unspecified atom stereocenters. The number of rotatable bonds is 1. The molecule has 0 aromatic carbocycles. The Morgan fingerprint density at radius 3 is 2.45 bits per heavy atom. The fourth-order valence-corrected chi connectivity index (χ4v) is 2.41. The summed E-state index contributed by atoms with van der Waals surface area (Å²) in [6.07, 6.45) is 2.83. The van der Waals surface area contributed by atoms with Crippen LogP contribution in [0.4, 0.5) is 0 Å². The summed E-state index contributed by atoms with van der Waals surface area (Å²) in [4.78, 5) is 0. The summed E-state index contributed by atoms with van der Waals surface area (Å²) in [5, 5.41) is 0. The van der Waals surface area contributed by atoms with Crippen LogP contribution >= 0.6 is 0 Å². The third-order valence-corrected chi connectivity index (χ3v) is 3.16. The van der Waals surface area contributed by atoms with Gasteiger partial charge in [-0.15, -0.1) is 0 Å². The van der Waals surface area contributed by atoms with Crippen LogP contribution < -0.4 is 0 Å². The van der Waals surface area contributed by atoms with Gasteiger partial charge in [-0.25, -0.2) is 0 Å². The number of ether oxygens (including phenoxy) is 1. The van der Waals surface area contributed by atoms with Crippen molar-refractivity contribution in [2.75, 3.05) is 7.11 Å². The zero-order valence-electron chi connectivity index (χ0n) is 6.97. The minimum atomic E-state index is 0.429. The Kier molecular flexibility index (Phi) is 1.43. The van der Waals surface area contributed by atoms with E-state index in [0.717, 1.165) is 0 Å². The van der Waals surface area contributed by atoms with Crippen LogP contribution in [0.3, 0.4) is 0 Å². The van der Waals surface area contributed by atoms with Gasteiger partial charge in [0, 0.05) is 13.0 Å². The van der Waals surface area contributed by atoms with Gasteiger partial charge in [-0.2, -0.15) is 0 Å². The van der Waals surface area contributed by atoms with Crippen molar-refractivity contribution >= 4 is 0 Å². The van der Waals surface area contributed by atoms with Crippen LogP contribution in [0.2, 0.25) is 0 Å². The number of hydrogen-bond acceptors (Lipinski definition) is 1. The first kappa shape index (κ1) is 7.11. The molecule has 2 aliphatic carbocycles. The lowest BCUT2D eigenvalue weighted by Gasteiger charge is -2.23. The minimum Gasteiger partial charge on any atom is -0.381 e. The molecule has 2 saturated carbocycles. The predicted octanol–water partition coefficient (Wildman–Crippen LogP) is 2.15. The van der Waals surface area contributed by atoms with Gasteiger partial charge in [0.2, 0.25) is 0 Å². The van der Waals surface area contributed by atoms with Gasteiger partial charge < -0.3 is 4.74 Å². The van der Waals surface area contributed by atoms with Crippen molar-refractivity contribution < 1.29 is 4.74 Å². The van der Waals surface area contributed by atoms with Gasteiger partial charge in [-0.1, -0.05) is 13.2 Å². The highest BCUT2D eigenvalue weighted by molar-refractivity contribution is 5.39. The second-order valence-corrected chi connectivity index (χ2v) is 3.60. The van der Waals surface area contributed by atoms with Gasteiger partial charge >= 0.3 is 0 Å². The van der Waals surface area contributed by atoms with Crippen molar-refractivity contribution in [3.05, 3.63) is 24.3 Å². The molecule has 3 atom stereocenters. The maximum absolute atomic E-state index is 5.36. The van der Waals surface area contributed by atoms with Gasteiger partial charge in [-0.05, 0) is 29.9 Å². The van der Waals surface area contributed by atoms with E-state index in [2.05, 4.69) is 13.2 Å². The zero-order valence-corrected chi connectivity index (χ0v) is 6.97. The maximum Gasteiger partial charge on any atom is 0.0645 e. The summed E-state index contributed by atoms with van der Waals surface area (Å²) >= 11 is 0. The molecular formula is C10H14O. The van der Waals surface area contributed by atoms with E-state index < -0.39 is 0 Å². The standard InChI is InChI=1S/C10H14O/c1-6-7(2)9-4-8(6)5-10(9)11-3/h8-10H,1-2,4-5H2,3H3/t8-,9-,10+/m1/s1. The Balaban J connectivity index is 2.22. The molecule has 1 heteroatoms. The molecule has 2 fully saturated rings. The van der Waals surface area contributed by atoms with E-state index in [1.54, 1.807) is 7.11 Å². The van der Waals surface area contributed by atoms with Crippen LogP contribution in [0.1, 0.15) is 12.8 Å². The molecule has 11 heavy (non-hydrogen) atoms. The number of allylic oxidation sites excluding steroid dienone is 1. The van der Waals surface area contributed by atoms with E-state index in [0.29, 0.717) is 17.9 Å². The van der Waals surface area contributed by atoms with Crippen molar-refractivity contribution in [1.82, 2.24) is 0 Å². The highest BCUT2D eigenvalue weighted by Gasteiger charge is 2.44. The smallest absolute Gasteiger partial charge is 0.0645 e. The van der Waals surface area contributed by atoms with Gasteiger partial charge in [0.1, 0.15) is 0 Å². The average molecular weight is 150 g/mol. The van der Waals surface area contributed by atoms with Crippen LogP contribution in [0.15, 0.2) is 24.3 Å². The SMILES string of the molecule is C=C1C(=C)[C@H]2C[C@@H]1C[C@@H]2OC. The molecular weight excluding hydrogens is 136 g/mol. The van der Waals surface area contributed by atoms with Crippen molar-refractivity contribution in [1.29, 1.82) is 0 Å². The summed E-state index contributed by atoms with van der Waals surface area (Å²) in [6.45, 7) is 8.07. The number of hydrogen-bond donors (Lipinski definition) is 0. The summed E-state index contributed by atoms with van der Waals surface area (Å²) in [5.41, 5.74) is 2.52. The second-order valence-electron chi connectivity index (χ2n) is 3.60. The molecule has 60 valence electrons. The van der Waals surface area contributed by atoms with Crippen LogP contribution in [-0.2, 0) is 4.74 Å². The van der Waals surface area contributed by atoms with Gasteiger partial charge in [0.15, 0.2) is 0 Å². The van der Waals surface area contributed by atoms with E-state index >= 15 is 0 Å². The molecule has 0 aliphatic heterocycles. The Morgan fingerprint density at radius 2 is 2.00 bits per heavy atom. The Labute approximate surface area is 67.7 Å². The third kappa shape index (κ3) is 0.807. The molecule has 1 nitrogen and oxygen atoms in total. The van der Waals surface area contributed by atoms with Gasteiger partial charge in [0.25, 0.3) is 0 Å². The lowest BCUT2D eigenvalue weighted by molar-refractivity contribution is 0.0781. The zero-order chi connectivity index (χ0) is 8.01. The first-order valence-corrected chi connectivity index (χ1v) is 4.14. The summed E-state index contributed by atoms with van der Waals surface area (Å²) in [6, 6.07) is 0. The topological polar surface area (TPSA) is 9.23 Å². The fraction of sp³-hybridized carbons (Fsp3) is 0.600. The molecule has 0 N–H and O–H groups in total. The highest BCUT2D eigenvalue weighted by atomic mass is 16.5. The van der Waals surface area contributed by atoms with Crippen molar-refractivity contribution in [2.24, 2.45) is 11.8 Å². The molecule has 0 heterocycles. The fourth-order valence-electron chi connectivity index (χ4n) is 2.41. The largest absolute Gasteiger partial charge is 0.381 e. The molecule has 0 saturated heterocycles. The first-order valence-electron chi connectivity index (χ1n) is 4.14. The Bertz CT molecular complexity index is 217. The van der Waals surface area contributed by atoms with E-state index in [1.165, 1.54) is 24.0 Å². The summed E-state index contributed by atoms with van der Waals surface area (Å²) in [5.74, 6) is 1.26. The van der Waals surface area contributed by atoms with E-state index in [9.17, 15) is 0 Å². The Morgan fingerprint density at radius 1 is 1.27 bits per heavy atom. The minimum absolute atomic E-state index is 0.429. The highest BCUT2D eigenvalue weighted by Crippen LogP contribution is 2.51. The molecule has 0 aromatic rings. The molecule has 2 bridgehead atoms. The molecule has 0 aromatic heterocycles. The van der Waals surface area contributed by atoms with E-state index in [1.807, 2.05) is 0 Å². The first-order chi connectivity index (χ1) is 5.24. The van der Waals surface area contributed by atoms with Crippen LogP contribution in [-0.4, -0.2) is 13.2 Å². The van der Waals surface area contributed by atoms with E-state index in [-0.39, 0.29) is 0 Å². The van der Waals surface area contributed by atoms with Crippen LogP contribution in [0.25, 0.3) is 0 Å². The molecule has 0 spiro atoms. The van der Waals surface area contributed by atoms with Crippen molar-refractivity contribution in [3.8, 4) is 0 Å². The quantitative estimate of drug-likeness (QED) is 0.556.